The predicted octanol–water partition coefficient (Wildman–Crippen LogP) is 2.11. The molecule has 0 amide bonds. The van der Waals surface area contributed by atoms with Crippen molar-refractivity contribution in [1.82, 2.24) is 0 Å². The minimum atomic E-state index is -0.780. The zero-order chi connectivity index (χ0) is 11.1. The van der Waals surface area contributed by atoms with Crippen LogP contribution in [0.5, 0.6) is 0 Å². The van der Waals surface area contributed by atoms with Gasteiger partial charge in [0.15, 0.2) is 0 Å². The highest BCUT2D eigenvalue weighted by atomic mass is 16.5. The van der Waals surface area contributed by atoms with Gasteiger partial charge in [-0.05, 0) is 12.3 Å². The highest BCUT2D eigenvalue weighted by molar-refractivity contribution is 6.40. The summed E-state index contributed by atoms with van der Waals surface area (Å²) < 4.78 is 4.77. The van der Waals surface area contributed by atoms with E-state index < -0.39 is 11.8 Å². The molecule has 0 fully saturated rings. The lowest BCUT2D eigenvalue weighted by Crippen LogP contribution is -2.21. The van der Waals surface area contributed by atoms with E-state index >= 15 is 0 Å². The van der Waals surface area contributed by atoms with Gasteiger partial charge in [-0.2, -0.15) is 0 Å². The third-order valence-electron chi connectivity index (χ3n) is 1.91. The van der Waals surface area contributed by atoms with Crippen LogP contribution in [0, 0.1) is 5.92 Å². The summed E-state index contributed by atoms with van der Waals surface area (Å²) in [7, 11) is 0. The van der Waals surface area contributed by atoms with Crippen molar-refractivity contribution in [2.24, 2.45) is 5.92 Å². The number of hydrogen-bond donors (Lipinski definition) is 0. The van der Waals surface area contributed by atoms with Gasteiger partial charge in [-0.15, -0.1) is 0 Å². The third-order valence-corrected chi connectivity index (χ3v) is 1.91. The summed E-state index contributed by atoms with van der Waals surface area (Å²) in [4.78, 5) is 22.4. The first kappa shape index (κ1) is 12.9. The van der Waals surface area contributed by atoms with Crippen LogP contribution < -0.4 is 0 Å². The number of hydrogen-bond acceptors (Lipinski definition) is 3. The fraction of sp³-hybridized carbons (Fsp3) is 0.636. The number of esters is 1. The average molecular weight is 198 g/mol. The van der Waals surface area contributed by atoms with Gasteiger partial charge in [0.2, 0.25) is 0 Å². The number of ether oxygens (including phenoxy) is 1. The van der Waals surface area contributed by atoms with Crippen molar-refractivity contribution in [2.75, 3.05) is 6.61 Å². The number of Topliss-reactive ketones (excluding diaryl/α,β-unsaturated/α-hetero) is 1. The van der Waals surface area contributed by atoms with Crippen molar-refractivity contribution in [1.29, 1.82) is 0 Å². The molecule has 0 aliphatic rings. The van der Waals surface area contributed by atoms with E-state index in [2.05, 4.69) is 6.58 Å². The summed E-state index contributed by atoms with van der Waals surface area (Å²) in [5, 5.41) is 0. The van der Waals surface area contributed by atoms with Gasteiger partial charge < -0.3 is 4.74 Å². The molecule has 0 saturated heterocycles. The van der Waals surface area contributed by atoms with E-state index in [1.807, 2.05) is 20.8 Å². The number of rotatable bonds is 6. The van der Waals surface area contributed by atoms with Crippen LogP contribution in [0.15, 0.2) is 12.2 Å². The molecule has 3 nitrogen and oxygen atoms in total. The Kier molecular flexibility index (Phi) is 5.84. The Bertz CT molecular complexity index is 229. The zero-order valence-electron chi connectivity index (χ0n) is 9.13. The van der Waals surface area contributed by atoms with Crippen LogP contribution in [0.3, 0.4) is 0 Å². The number of unbranched alkanes of at least 4 members (excludes halogenated alkanes) is 1. The molecule has 3 heteroatoms. The molecule has 0 aromatic carbocycles. The Morgan fingerprint density at radius 1 is 1.36 bits per heavy atom. The molecule has 14 heavy (non-hydrogen) atoms. The molecule has 0 bridgehead atoms. The molecule has 0 radical (unpaired) electrons. The Morgan fingerprint density at radius 3 is 2.36 bits per heavy atom. The van der Waals surface area contributed by atoms with Crippen LogP contribution in [0.1, 0.15) is 33.6 Å². The lowest BCUT2D eigenvalue weighted by Gasteiger charge is -2.07. The fourth-order valence-electron chi connectivity index (χ4n) is 0.768. The summed E-state index contributed by atoms with van der Waals surface area (Å²) in [5.41, 5.74) is 0.312. The van der Waals surface area contributed by atoms with Gasteiger partial charge in [-0.25, -0.2) is 4.79 Å². The number of carbonyl (C=O) groups excluding carboxylic acids is 2. The molecule has 80 valence electrons. The van der Waals surface area contributed by atoms with Crippen LogP contribution in [0.25, 0.3) is 0 Å². The van der Waals surface area contributed by atoms with Gasteiger partial charge in [-0.3, -0.25) is 4.79 Å². The lowest BCUT2D eigenvalue weighted by atomic mass is 10.0. The quantitative estimate of drug-likeness (QED) is 0.284. The SMILES string of the molecule is C=C(C(=O)C(=O)OCCCC)C(C)C. The van der Waals surface area contributed by atoms with Crippen molar-refractivity contribution in [3.63, 3.8) is 0 Å². The van der Waals surface area contributed by atoms with Crippen LogP contribution in [-0.4, -0.2) is 18.4 Å². The molecule has 0 saturated carbocycles. The molecule has 0 unspecified atom stereocenters. The van der Waals surface area contributed by atoms with Gasteiger partial charge >= 0.3 is 5.97 Å². The molecule has 0 spiro atoms. The smallest absolute Gasteiger partial charge is 0.379 e. The molecule has 0 N–H and O–H groups in total. The summed E-state index contributed by atoms with van der Waals surface area (Å²) in [6.07, 6.45) is 1.72. The monoisotopic (exact) mass is 198 g/mol. The first-order valence-corrected chi connectivity index (χ1v) is 4.91. The van der Waals surface area contributed by atoms with E-state index in [9.17, 15) is 9.59 Å². The standard InChI is InChI=1S/C11H18O3/c1-5-6-7-14-11(13)10(12)9(4)8(2)3/h8H,4-7H2,1-3H3. The summed E-state index contributed by atoms with van der Waals surface area (Å²) in [6.45, 7) is 9.49. The van der Waals surface area contributed by atoms with Crippen molar-refractivity contribution < 1.29 is 14.3 Å². The maximum Gasteiger partial charge on any atom is 0.379 e. The van der Waals surface area contributed by atoms with E-state index in [4.69, 9.17) is 4.74 Å². The summed E-state index contributed by atoms with van der Waals surface area (Å²) in [6, 6.07) is 0. The first-order chi connectivity index (χ1) is 6.50. The second kappa shape index (κ2) is 6.35. The minimum Gasteiger partial charge on any atom is -0.460 e. The lowest BCUT2D eigenvalue weighted by molar-refractivity contribution is -0.152. The normalized spacial score (nSPS) is 10.0. The highest BCUT2D eigenvalue weighted by Crippen LogP contribution is 2.08. The Balaban J connectivity index is 4.00. The molecule has 0 aromatic rings. The molecule has 0 heterocycles. The van der Waals surface area contributed by atoms with Crippen molar-refractivity contribution >= 4 is 11.8 Å². The minimum absolute atomic E-state index is 0.0128. The van der Waals surface area contributed by atoms with E-state index in [0.29, 0.717) is 12.2 Å². The zero-order valence-corrected chi connectivity index (χ0v) is 9.13. The molecule has 0 aliphatic carbocycles. The Labute approximate surface area is 85.1 Å². The van der Waals surface area contributed by atoms with Crippen molar-refractivity contribution in [2.45, 2.75) is 33.6 Å². The maximum atomic E-state index is 11.3. The molecular formula is C11H18O3. The average Bonchev–Trinajstić information content (AvgIpc) is 2.15. The van der Waals surface area contributed by atoms with Crippen molar-refractivity contribution in [3.8, 4) is 0 Å². The second-order valence-corrected chi connectivity index (χ2v) is 3.50. The number of ketones is 1. The largest absolute Gasteiger partial charge is 0.460 e. The molecule has 0 rings (SSSR count). The Morgan fingerprint density at radius 2 is 1.93 bits per heavy atom. The number of carbonyl (C=O) groups is 2. The molecule has 0 aliphatic heterocycles. The van der Waals surface area contributed by atoms with E-state index in [1.54, 1.807) is 0 Å². The van der Waals surface area contributed by atoms with Gasteiger partial charge in [0.05, 0.1) is 6.61 Å². The maximum absolute atomic E-state index is 11.3. The second-order valence-electron chi connectivity index (χ2n) is 3.50. The van der Waals surface area contributed by atoms with Gasteiger partial charge in [0.1, 0.15) is 0 Å². The Hall–Kier alpha value is -1.12. The fourth-order valence-corrected chi connectivity index (χ4v) is 0.768. The third kappa shape index (κ3) is 4.21. The van der Waals surface area contributed by atoms with Gasteiger partial charge in [-0.1, -0.05) is 33.8 Å². The summed E-state index contributed by atoms with van der Waals surface area (Å²) in [5.74, 6) is -1.39. The van der Waals surface area contributed by atoms with Gasteiger partial charge in [0.25, 0.3) is 5.78 Å². The predicted molar refractivity (Wildman–Crippen MR) is 54.9 cm³/mol. The van der Waals surface area contributed by atoms with E-state index in [-0.39, 0.29) is 5.92 Å². The van der Waals surface area contributed by atoms with Gasteiger partial charge in [0, 0.05) is 5.57 Å². The highest BCUT2D eigenvalue weighted by Gasteiger charge is 2.20. The first-order valence-electron chi connectivity index (χ1n) is 4.91. The summed E-state index contributed by atoms with van der Waals surface area (Å²) >= 11 is 0. The van der Waals surface area contributed by atoms with E-state index in [1.165, 1.54) is 0 Å². The van der Waals surface area contributed by atoms with Crippen LogP contribution in [0.2, 0.25) is 0 Å². The van der Waals surface area contributed by atoms with Crippen molar-refractivity contribution in [3.05, 3.63) is 12.2 Å². The topological polar surface area (TPSA) is 43.4 Å². The van der Waals surface area contributed by atoms with Crippen LogP contribution >= 0.6 is 0 Å². The molecular weight excluding hydrogens is 180 g/mol. The van der Waals surface area contributed by atoms with E-state index in [0.717, 1.165) is 12.8 Å². The molecule has 0 atom stereocenters. The molecule has 0 aromatic heterocycles. The van der Waals surface area contributed by atoms with Crippen LogP contribution in [-0.2, 0) is 14.3 Å². The van der Waals surface area contributed by atoms with Crippen LogP contribution in [0.4, 0.5) is 0 Å².